The van der Waals surface area contributed by atoms with Crippen LogP contribution in [0.3, 0.4) is 0 Å². The largest absolute Gasteiger partial charge is 0.506 e. The van der Waals surface area contributed by atoms with E-state index in [1.54, 1.807) is 6.42 Å². The molecule has 0 bridgehead atoms. The van der Waals surface area contributed by atoms with Crippen LogP contribution in [0.2, 0.25) is 0 Å². The first-order valence-corrected chi connectivity index (χ1v) is 5.33. The maximum Gasteiger partial charge on any atom is 0.143 e. The molecule has 0 aromatic heterocycles. The van der Waals surface area contributed by atoms with Gasteiger partial charge in [0.05, 0.1) is 8.95 Å². The predicted molar refractivity (Wildman–Crippen MR) is 58.6 cm³/mol. The summed E-state index contributed by atoms with van der Waals surface area (Å²) in [6.07, 6.45) is 2.44. The van der Waals surface area contributed by atoms with Crippen molar-refractivity contribution < 1.29 is 27.3 Å². The average Bonchev–Trinajstić information content (AvgIpc) is 2.10. The van der Waals surface area contributed by atoms with Crippen LogP contribution < -0.4 is 0 Å². The van der Waals surface area contributed by atoms with Gasteiger partial charge in [-0.3, -0.25) is 6.42 Å². The molecule has 1 radical (unpaired) electrons. The monoisotopic (exact) mass is 362 g/mol. The number of aliphatic hydroxyl groups is 1. The summed E-state index contributed by atoms with van der Waals surface area (Å²) >= 11 is 6.46. The van der Waals surface area contributed by atoms with Crippen LogP contribution in [0.25, 0.3) is 0 Å². The molecule has 0 fully saturated rings. The average molecular weight is 364 g/mol. The van der Waals surface area contributed by atoms with Crippen LogP contribution in [0.5, 0.6) is 5.75 Å². The molecule has 0 saturated carbocycles. The number of benzene rings is 1. The van der Waals surface area contributed by atoms with Crippen LogP contribution in [0.15, 0.2) is 21.1 Å². The molecule has 0 aliphatic heterocycles. The van der Waals surface area contributed by atoms with Crippen LogP contribution >= 0.6 is 31.9 Å². The maximum absolute atomic E-state index is 9.40. The van der Waals surface area contributed by atoms with E-state index in [4.69, 9.17) is 5.11 Å². The molecule has 0 atom stereocenters. The summed E-state index contributed by atoms with van der Waals surface area (Å²) < 4.78 is 1.31. The molecule has 14 heavy (non-hydrogen) atoms. The van der Waals surface area contributed by atoms with Gasteiger partial charge >= 0.3 is 0 Å². The first-order chi connectivity index (χ1) is 6.15. The first-order valence-electron chi connectivity index (χ1n) is 3.74. The van der Waals surface area contributed by atoms with Gasteiger partial charge in [0.1, 0.15) is 5.75 Å². The van der Waals surface area contributed by atoms with Crippen molar-refractivity contribution in [2.24, 2.45) is 0 Å². The van der Waals surface area contributed by atoms with E-state index in [9.17, 15) is 5.11 Å². The number of halogens is 2. The Morgan fingerprint density at radius 1 is 1.21 bits per heavy atom. The van der Waals surface area contributed by atoms with Crippen LogP contribution in [0.4, 0.5) is 0 Å². The van der Waals surface area contributed by atoms with E-state index in [-0.39, 0.29) is 29.4 Å². The van der Waals surface area contributed by atoms with Crippen molar-refractivity contribution in [2.45, 2.75) is 6.42 Å². The topological polar surface area (TPSA) is 40.5 Å². The molecule has 79 valence electrons. The van der Waals surface area contributed by atoms with Gasteiger partial charge in [0.15, 0.2) is 0 Å². The van der Waals surface area contributed by atoms with Gasteiger partial charge in [-0.1, -0.05) is 12.2 Å². The molecule has 0 spiro atoms. The van der Waals surface area contributed by atoms with Gasteiger partial charge in [0, 0.05) is 17.1 Å². The fourth-order valence-electron chi connectivity index (χ4n) is 0.967. The minimum absolute atomic E-state index is 0. The molecule has 2 N–H and O–H groups in total. The molecule has 0 aliphatic carbocycles. The fraction of sp³-hybridized carbons (Fsp3) is 0.222. The molecular weight excluding hydrogens is 355 g/mol. The second kappa shape index (κ2) is 6.85. The summed E-state index contributed by atoms with van der Waals surface area (Å²) in [5, 5.41) is 18.0. The van der Waals surface area contributed by atoms with Crippen molar-refractivity contribution in [3.63, 3.8) is 0 Å². The van der Waals surface area contributed by atoms with E-state index in [0.29, 0.717) is 15.4 Å². The minimum atomic E-state index is 0. The fourth-order valence-corrected chi connectivity index (χ4v) is 2.25. The third-order valence-corrected chi connectivity index (χ3v) is 2.79. The van der Waals surface area contributed by atoms with Crippen molar-refractivity contribution >= 4 is 31.9 Å². The second-order valence-electron chi connectivity index (χ2n) is 2.58. The quantitative estimate of drug-likeness (QED) is 0.640. The smallest absolute Gasteiger partial charge is 0.143 e. The zero-order valence-corrected chi connectivity index (χ0v) is 11.5. The van der Waals surface area contributed by atoms with E-state index in [2.05, 4.69) is 31.9 Å². The van der Waals surface area contributed by atoms with Gasteiger partial charge in [0.25, 0.3) is 0 Å². The van der Waals surface area contributed by atoms with E-state index in [1.807, 2.05) is 12.1 Å². The first kappa shape index (κ1) is 14.5. The zero-order chi connectivity index (χ0) is 9.84. The number of phenols is 1. The summed E-state index contributed by atoms with van der Waals surface area (Å²) in [6.45, 7) is 0.0656. The summed E-state index contributed by atoms with van der Waals surface area (Å²) in [5.41, 5.74) is 1.03. The van der Waals surface area contributed by atoms with Gasteiger partial charge in [-0.2, -0.15) is 6.42 Å². The number of phenolic OH excluding ortho intramolecular Hbond substituents is 1. The molecule has 0 aliphatic rings. The van der Waals surface area contributed by atoms with Gasteiger partial charge in [-0.15, -0.1) is 0 Å². The van der Waals surface area contributed by atoms with Gasteiger partial charge in [-0.05, 0) is 44.0 Å². The molecule has 1 aromatic rings. The van der Waals surface area contributed by atoms with Crippen molar-refractivity contribution in [3.05, 3.63) is 33.1 Å². The molecule has 2 nitrogen and oxygen atoms in total. The Hall–Kier alpha value is 0.459. The molecule has 1 rings (SSSR count). The summed E-state index contributed by atoms with van der Waals surface area (Å²) in [5.74, 6) is 0.202. The van der Waals surface area contributed by atoms with E-state index in [1.165, 1.54) is 0 Å². The Morgan fingerprint density at radius 3 is 2.14 bits per heavy atom. The number of hydrogen-bond donors (Lipinski definition) is 2. The normalized spacial score (nSPS) is 9.64. The van der Waals surface area contributed by atoms with E-state index >= 15 is 0 Å². The number of aliphatic hydroxyl groups excluding tert-OH is 1. The van der Waals surface area contributed by atoms with Crippen LogP contribution in [-0.4, -0.2) is 16.8 Å². The Balaban J connectivity index is 0.00000169. The zero-order valence-electron chi connectivity index (χ0n) is 7.17. The number of hydrogen-bond acceptors (Lipinski definition) is 2. The molecule has 0 amide bonds. The molecule has 0 saturated heterocycles. The summed E-state index contributed by atoms with van der Waals surface area (Å²) in [4.78, 5) is 0. The number of rotatable bonds is 3. The molecule has 0 heterocycles. The van der Waals surface area contributed by atoms with Crippen molar-refractivity contribution in [1.29, 1.82) is 0 Å². The van der Waals surface area contributed by atoms with Crippen molar-refractivity contribution in [2.75, 3.05) is 6.61 Å². The van der Waals surface area contributed by atoms with E-state index < -0.39 is 0 Å². The Bertz CT molecular complexity index is 282. The Kier molecular flexibility index (Phi) is 7.08. The van der Waals surface area contributed by atoms with E-state index in [0.717, 1.165) is 5.56 Å². The van der Waals surface area contributed by atoms with Gasteiger partial charge in [0.2, 0.25) is 0 Å². The van der Waals surface area contributed by atoms with Crippen LogP contribution in [0.1, 0.15) is 5.56 Å². The second-order valence-corrected chi connectivity index (χ2v) is 4.29. The third kappa shape index (κ3) is 3.91. The standard InChI is InChI=1S/C9H9Br2O2.Mn/c10-7-4-6(2-1-3-12)5-8(11)9(7)13;/h1,4-5,12-13H,2-3H2;/q-1;. The van der Waals surface area contributed by atoms with Crippen molar-refractivity contribution in [1.82, 2.24) is 0 Å². The van der Waals surface area contributed by atoms with Crippen LogP contribution in [-0.2, 0) is 23.5 Å². The molecule has 5 heteroatoms. The molecule has 0 unspecified atom stereocenters. The van der Waals surface area contributed by atoms with Crippen LogP contribution in [0, 0.1) is 6.42 Å². The third-order valence-electron chi connectivity index (χ3n) is 1.59. The minimum Gasteiger partial charge on any atom is -0.506 e. The SMILES string of the molecule is OC[CH-]Cc1cc(Br)c(O)c(Br)c1.[Mn]. The summed E-state index contributed by atoms with van der Waals surface area (Å²) in [6, 6.07) is 3.65. The Labute approximate surface area is 110 Å². The predicted octanol–water partition coefficient (Wildman–Crippen LogP) is 2.65. The van der Waals surface area contributed by atoms with Gasteiger partial charge in [-0.25, -0.2) is 0 Å². The van der Waals surface area contributed by atoms with Crippen molar-refractivity contribution in [3.8, 4) is 5.75 Å². The summed E-state index contributed by atoms with van der Waals surface area (Å²) in [7, 11) is 0. The Morgan fingerprint density at radius 2 is 1.71 bits per heavy atom. The number of aromatic hydroxyl groups is 1. The maximum atomic E-state index is 9.40. The van der Waals surface area contributed by atoms with Gasteiger partial charge < -0.3 is 10.2 Å². The molecule has 1 aromatic carbocycles. The molecular formula is C9H9Br2MnO2-.